The molecule has 1 aromatic carbocycles. The van der Waals surface area contributed by atoms with Crippen LogP contribution in [-0.2, 0) is 17.7 Å². The second kappa shape index (κ2) is 10.1. The van der Waals surface area contributed by atoms with Gasteiger partial charge in [0.25, 0.3) is 5.91 Å². The first-order valence-corrected chi connectivity index (χ1v) is 12.7. The number of aryl methyl sites for hydroxylation is 1. The van der Waals surface area contributed by atoms with Crippen LogP contribution < -0.4 is 10.2 Å². The van der Waals surface area contributed by atoms with E-state index < -0.39 is 11.9 Å². The predicted octanol–water partition coefficient (Wildman–Crippen LogP) is 5.75. The molecule has 0 unspecified atom stereocenters. The van der Waals surface area contributed by atoms with Crippen LogP contribution in [0.5, 0.6) is 0 Å². The van der Waals surface area contributed by atoms with Crippen molar-refractivity contribution in [1.82, 2.24) is 10.1 Å². The van der Waals surface area contributed by atoms with Crippen molar-refractivity contribution >= 4 is 45.5 Å². The minimum Gasteiger partial charge on any atom is -0.462 e. The first-order valence-electron chi connectivity index (χ1n) is 11.5. The molecule has 1 N–H and O–H groups in total. The number of hydrogen-bond donors (Lipinski definition) is 1. The van der Waals surface area contributed by atoms with Crippen molar-refractivity contribution in [2.24, 2.45) is 0 Å². The molecule has 0 radical (unpaired) electrons. The molecule has 4 heterocycles. The van der Waals surface area contributed by atoms with Gasteiger partial charge in [0.2, 0.25) is 0 Å². The summed E-state index contributed by atoms with van der Waals surface area (Å²) >= 11 is 7.32. The van der Waals surface area contributed by atoms with Crippen molar-refractivity contribution in [3.63, 3.8) is 0 Å². The Morgan fingerprint density at radius 2 is 2.00 bits per heavy atom. The molecule has 184 valence electrons. The molecule has 0 fully saturated rings. The largest absolute Gasteiger partial charge is 0.462 e. The maximum absolute atomic E-state index is 13.5. The highest BCUT2D eigenvalue weighted by molar-refractivity contribution is 7.17. The zero-order valence-electron chi connectivity index (χ0n) is 19.7. The van der Waals surface area contributed by atoms with Gasteiger partial charge in [-0.2, -0.15) is 0 Å². The molecular weight excluding hydrogens is 500 g/mol. The van der Waals surface area contributed by atoms with E-state index in [4.69, 9.17) is 20.9 Å². The average molecular weight is 523 g/mol. The number of nitrogens with one attached hydrogen (secondary N) is 1. The number of halogens is 1. The van der Waals surface area contributed by atoms with Gasteiger partial charge in [-0.1, -0.05) is 47.1 Å². The fraction of sp³-hybridized carbons (Fsp3) is 0.231. The number of hydrogen-bond acceptors (Lipinski definition) is 8. The van der Waals surface area contributed by atoms with Gasteiger partial charge in [0.15, 0.2) is 0 Å². The summed E-state index contributed by atoms with van der Waals surface area (Å²) < 4.78 is 10.7. The molecule has 0 atom stereocenters. The van der Waals surface area contributed by atoms with Crippen LogP contribution >= 0.6 is 22.9 Å². The summed E-state index contributed by atoms with van der Waals surface area (Å²) in [6.45, 7) is 4.96. The lowest BCUT2D eigenvalue weighted by Crippen LogP contribution is -2.30. The minimum atomic E-state index is -0.447. The number of pyridine rings is 1. The quantitative estimate of drug-likeness (QED) is 0.254. The van der Waals surface area contributed by atoms with E-state index in [1.54, 1.807) is 26.1 Å². The minimum absolute atomic E-state index is 0.238. The molecule has 8 nitrogen and oxygen atoms in total. The van der Waals surface area contributed by atoms with Crippen LogP contribution in [0.15, 0.2) is 53.2 Å². The highest BCUT2D eigenvalue weighted by Crippen LogP contribution is 2.39. The number of anilines is 2. The number of benzene rings is 1. The average Bonchev–Trinajstić information content (AvgIpc) is 3.44. The molecular formula is C26H23ClN4O4S. The van der Waals surface area contributed by atoms with E-state index in [0.29, 0.717) is 52.2 Å². The lowest BCUT2D eigenvalue weighted by Gasteiger charge is -2.28. The van der Waals surface area contributed by atoms with Gasteiger partial charge >= 0.3 is 5.97 Å². The normalized spacial score (nSPS) is 12.8. The van der Waals surface area contributed by atoms with E-state index >= 15 is 0 Å². The molecule has 4 aromatic rings. The molecule has 0 saturated carbocycles. The van der Waals surface area contributed by atoms with Crippen LogP contribution in [-0.4, -0.2) is 35.2 Å². The van der Waals surface area contributed by atoms with Crippen molar-refractivity contribution in [1.29, 1.82) is 0 Å². The molecule has 0 bridgehead atoms. The van der Waals surface area contributed by atoms with Crippen molar-refractivity contribution < 1.29 is 18.8 Å². The summed E-state index contributed by atoms with van der Waals surface area (Å²) in [5.41, 5.74) is 3.80. The van der Waals surface area contributed by atoms with E-state index in [0.717, 1.165) is 21.7 Å². The third-order valence-electron chi connectivity index (χ3n) is 5.98. The smallest absolute Gasteiger partial charge is 0.341 e. The fourth-order valence-electron chi connectivity index (χ4n) is 4.28. The highest BCUT2D eigenvalue weighted by atomic mass is 35.5. The van der Waals surface area contributed by atoms with Gasteiger partial charge in [-0.15, -0.1) is 11.3 Å². The van der Waals surface area contributed by atoms with Gasteiger partial charge in [0.05, 0.1) is 30.6 Å². The number of aromatic nitrogens is 2. The molecule has 10 heteroatoms. The predicted molar refractivity (Wildman–Crippen MR) is 139 cm³/mol. The molecule has 0 spiro atoms. The van der Waals surface area contributed by atoms with Gasteiger partial charge < -0.3 is 19.5 Å². The Morgan fingerprint density at radius 3 is 2.72 bits per heavy atom. The Kier molecular flexibility index (Phi) is 6.75. The summed E-state index contributed by atoms with van der Waals surface area (Å²) in [4.78, 5) is 33.8. The summed E-state index contributed by atoms with van der Waals surface area (Å²) in [5.74, 6) is -0.445. The number of nitrogens with zero attached hydrogens (tertiary/aromatic N) is 3. The van der Waals surface area contributed by atoms with Crippen molar-refractivity contribution in [3.8, 4) is 11.3 Å². The molecule has 0 aliphatic carbocycles. The second-order valence-electron chi connectivity index (χ2n) is 8.22. The van der Waals surface area contributed by atoms with Crippen molar-refractivity contribution in [3.05, 3.63) is 81.1 Å². The Balaban J connectivity index is 1.48. The zero-order chi connectivity index (χ0) is 25.2. The summed E-state index contributed by atoms with van der Waals surface area (Å²) in [6, 6.07) is 13.0. The van der Waals surface area contributed by atoms with E-state index in [1.165, 1.54) is 11.3 Å². The number of ether oxygens (including phenoxy) is 1. The van der Waals surface area contributed by atoms with Gasteiger partial charge in [0.1, 0.15) is 27.2 Å². The first kappa shape index (κ1) is 24.0. The van der Waals surface area contributed by atoms with E-state index in [9.17, 15) is 9.59 Å². The number of amides is 1. The SMILES string of the molecule is CCOC(=O)c1c(NC(=O)c2c(-c3ccccc3)noc2C)sc2c1CCN(c1ccc(Cl)nc1)C2. The van der Waals surface area contributed by atoms with Gasteiger partial charge in [0, 0.05) is 17.0 Å². The number of fused-ring (bicyclic) bond motifs is 1. The molecule has 1 amide bonds. The Morgan fingerprint density at radius 1 is 1.19 bits per heavy atom. The number of carbonyl (C=O) groups excluding carboxylic acids is 2. The standard InChI is InChI=1S/C26H23ClN4O4S/c1-3-34-26(33)22-18-11-12-31(17-9-10-20(27)28-13-17)14-19(18)36-25(22)29-24(32)21-15(2)35-30-23(21)16-7-5-4-6-8-16/h4-10,13H,3,11-12,14H2,1-2H3,(H,29,32). The number of thiophene rings is 1. The highest BCUT2D eigenvalue weighted by Gasteiger charge is 2.31. The number of carbonyl (C=O) groups is 2. The molecule has 3 aromatic heterocycles. The summed E-state index contributed by atoms with van der Waals surface area (Å²) in [5, 5.41) is 7.95. The summed E-state index contributed by atoms with van der Waals surface area (Å²) in [7, 11) is 0. The molecule has 0 saturated heterocycles. The summed E-state index contributed by atoms with van der Waals surface area (Å²) in [6.07, 6.45) is 2.36. The maximum Gasteiger partial charge on any atom is 0.341 e. The van der Waals surface area contributed by atoms with Crippen molar-refractivity contribution in [2.45, 2.75) is 26.8 Å². The van der Waals surface area contributed by atoms with Gasteiger partial charge in [-0.3, -0.25) is 4.79 Å². The zero-order valence-corrected chi connectivity index (χ0v) is 21.3. The molecule has 36 heavy (non-hydrogen) atoms. The third-order valence-corrected chi connectivity index (χ3v) is 7.33. The number of esters is 1. The fourth-order valence-corrected chi connectivity index (χ4v) is 5.64. The van der Waals surface area contributed by atoms with Crippen LogP contribution in [0.1, 0.15) is 43.8 Å². The van der Waals surface area contributed by atoms with Crippen LogP contribution in [0, 0.1) is 6.92 Å². The number of rotatable bonds is 6. The molecule has 1 aliphatic rings. The van der Waals surface area contributed by atoms with E-state index in [1.807, 2.05) is 36.4 Å². The molecule has 5 rings (SSSR count). The van der Waals surface area contributed by atoms with Crippen LogP contribution in [0.3, 0.4) is 0 Å². The lowest BCUT2D eigenvalue weighted by atomic mass is 10.0. The molecule has 1 aliphatic heterocycles. The van der Waals surface area contributed by atoms with Crippen molar-refractivity contribution in [2.75, 3.05) is 23.4 Å². The lowest BCUT2D eigenvalue weighted by molar-refractivity contribution is 0.0526. The monoisotopic (exact) mass is 522 g/mol. The Bertz CT molecular complexity index is 1420. The van der Waals surface area contributed by atoms with Crippen LogP contribution in [0.4, 0.5) is 10.7 Å². The first-order chi connectivity index (χ1) is 17.5. The van der Waals surface area contributed by atoms with Gasteiger partial charge in [-0.05, 0) is 38.0 Å². The van der Waals surface area contributed by atoms with E-state index in [2.05, 4.69) is 20.4 Å². The second-order valence-corrected chi connectivity index (χ2v) is 9.71. The topological polar surface area (TPSA) is 97.6 Å². The third kappa shape index (κ3) is 4.59. The Hall–Kier alpha value is -3.69. The van der Waals surface area contributed by atoms with Crippen LogP contribution in [0.25, 0.3) is 11.3 Å². The maximum atomic E-state index is 13.5. The van der Waals surface area contributed by atoms with Gasteiger partial charge in [-0.25, -0.2) is 9.78 Å². The van der Waals surface area contributed by atoms with E-state index in [-0.39, 0.29) is 6.61 Å². The Labute approximate surface area is 216 Å². The van der Waals surface area contributed by atoms with Crippen LogP contribution in [0.2, 0.25) is 5.15 Å².